The molecule has 0 saturated carbocycles. The highest BCUT2D eigenvalue weighted by atomic mass is 16.7. The third kappa shape index (κ3) is 6.25. The lowest BCUT2D eigenvalue weighted by Gasteiger charge is -2.24. The lowest BCUT2D eigenvalue weighted by molar-refractivity contribution is -0.394. The normalized spacial score (nSPS) is 19.7. The summed E-state index contributed by atoms with van der Waals surface area (Å²) in [6.07, 6.45) is -4.13. The van der Waals surface area contributed by atoms with Gasteiger partial charge in [0, 0.05) is 5.10 Å². The molecule has 1 saturated heterocycles. The number of esters is 3. The molecule has 1 aliphatic rings. The third-order valence-corrected chi connectivity index (χ3v) is 6.10. The van der Waals surface area contributed by atoms with Gasteiger partial charge in [-0.3, -0.25) is 0 Å². The first kappa shape index (κ1) is 27.1. The molecule has 13 nitrogen and oxygen atoms in total. The smallest absolute Gasteiger partial charge is 0.459 e. The second-order valence-corrected chi connectivity index (χ2v) is 8.78. The van der Waals surface area contributed by atoms with Gasteiger partial charge < -0.3 is 29.1 Å². The molecule has 13 heteroatoms. The van der Waals surface area contributed by atoms with Crippen LogP contribution in [0, 0.1) is 10.1 Å². The van der Waals surface area contributed by atoms with Gasteiger partial charge in [-0.15, -0.1) is 4.68 Å². The monoisotopic (exact) mass is 558 g/mol. The maximum absolute atomic E-state index is 13.1. The molecule has 0 bridgehead atoms. The molecule has 1 fully saturated rings. The fourth-order valence-electron chi connectivity index (χ4n) is 4.14. The minimum atomic E-state index is -1.36. The Morgan fingerprint density at radius 3 is 1.76 bits per heavy atom. The van der Waals surface area contributed by atoms with E-state index in [1.54, 1.807) is 66.7 Å². The number of nitro groups is 1. The third-order valence-electron chi connectivity index (χ3n) is 6.10. The molecule has 2 heterocycles. The van der Waals surface area contributed by atoms with E-state index in [4.69, 9.17) is 18.9 Å². The highest BCUT2D eigenvalue weighted by molar-refractivity contribution is 5.91. The van der Waals surface area contributed by atoms with Gasteiger partial charge in [0.1, 0.15) is 12.7 Å². The Morgan fingerprint density at radius 2 is 1.27 bits per heavy atom. The van der Waals surface area contributed by atoms with E-state index in [-0.39, 0.29) is 16.7 Å². The molecular weight excluding hydrogens is 536 g/mol. The second kappa shape index (κ2) is 12.2. The summed E-state index contributed by atoms with van der Waals surface area (Å²) in [6, 6.07) is 24.3. The molecule has 0 N–H and O–H groups in total. The quantitative estimate of drug-likeness (QED) is 0.128. The van der Waals surface area contributed by atoms with Crippen molar-refractivity contribution in [3.8, 4) is 0 Å². The van der Waals surface area contributed by atoms with Crippen molar-refractivity contribution in [3.05, 3.63) is 124 Å². The van der Waals surface area contributed by atoms with E-state index in [0.29, 0.717) is 0 Å². The van der Waals surface area contributed by atoms with Crippen LogP contribution < -0.4 is 0 Å². The Hall–Kier alpha value is -5.43. The highest BCUT2D eigenvalue weighted by Gasteiger charge is 2.53. The van der Waals surface area contributed by atoms with E-state index in [2.05, 4.69) is 10.1 Å². The number of hydrogen-bond acceptors (Lipinski definition) is 11. The minimum Gasteiger partial charge on any atom is -0.459 e. The second-order valence-electron chi connectivity index (χ2n) is 8.78. The summed E-state index contributed by atoms with van der Waals surface area (Å²) in [6.45, 7) is -0.410. The SMILES string of the molecule is O=C(OCC1OC(n2cnc([N+](=O)[O-])n2)C(OC(=O)c2ccccc2)C1OC(=O)c1ccccc1)c1ccccc1. The predicted molar refractivity (Wildman–Crippen MR) is 139 cm³/mol. The van der Waals surface area contributed by atoms with Gasteiger partial charge in [-0.05, 0) is 41.3 Å². The van der Waals surface area contributed by atoms with Gasteiger partial charge in [-0.1, -0.05) is 59.6 Å². The first-order valence-electron chi connectivity index (χ1n) is 12.4. The number of aromatic nitrogens is 3. The predicted octanol–water partition coefficient (Wildman–Crippen LogP) is 3.39. The Labute approximate surface area is 232 Å². The molecule has 0 aliphatic carbocycles. The number of hydrogen-bond donors (Lipinski definition) is 0. The summed E-state index contributed by atoms with van der Waals surface area (Å²) in [4.78, 5) is 52.9. The number of benzene rings is 3. The van der Waals surface area contributed by atoms with Crippen LogP contribution in [-0.2, 0) is 18.9 Å². The van der Waals surface area contributed by atoms with E-state index >= 15 is 0 Å². The van der Waals surface area contributed by atoms with Crippen molar-refractivity contribution in [2.75, 3.05) is 6.61 Å². The van der Waals surface area contributed by atoms with Crippen LogP contribution in [-0.4, -0.2) is 62.5 Å². The van der Waals surface area contributed by atoms with Crippen molar-refractivity contribution < 1.29 is 38.3 Å². The first-order valence-corrected chi connectivity index (χ1v) is 12.4. The average Bonchev–Trinajstić information content (AvgIpc) is 3.63. The topological polar surface area (TPSA) is 162 Å². The summed E-state index contributed by atoms with van der Waals surface area (Å²) < 4.78 is 24.0. The zero-order chi connectivity index (χ0) is 28.8. The van der Waals surface area contributed by atoms with Gasteiger partial charge in [0.25, 0.3) is 0 Å². The van der Waals surface area contributed by atoms with Crippen LogP contribution >= 0.6 is 0 Å². The molecule has 1 aliphatic heterocycles. The minimum absolute atomic E-state index is 0.197. The average molecular weight is 559 g/mol. The Bertz CT molecular complexity index is 1530. The van der Waals surface area contributed by atoms with Gasteiger partial charge in [0.2, 0.25) is 12.6 Å². The maximum Gasteiger partial charge on any atom is 0.491 e. The first-order chi connectivity index (χ1) is 19.9. The zero-order valence-corrected chi connectivity index (χ0v) is 21.2. The summed E-state index contributed by atoms with van der Waals surface area (Å²) in [5.74, 6) is -2.93. The van der Waals surface area contributed by atoms with Crippen molar-refractivity contribution in [1.82, 2.24) is 14.8 Å². The molecular formula is C28H22N4O9. The summed E-state index contributed by atoms with van der Waals surface area (Å²) >= 11 is 0. The van der Waals surface area contributed by atoms with Crippen LogP contribution in [0.4, 0.5) is 5.95 Å². The molecule has 0 spiro atoms. The van der Waals surface area contributed by atoms with E-state index in [0.717, 1.165) is 11.0 Å². The van der Waals surface area contributed by atoms with Crippen molar-refractivity contribution in [3.63, 3.8) is 0 Å². The van der Waals surface area contributed by atoms with Gasteiger partial charge in [0.05, 0.1) is 16.7 Å². The van der Waals surface area contributed by atoms with Crippen molar-refractivity contribution in [1.29, 1.82) is 0 Å². The number of nitrogens with zero attached hydrogens (tertiary/aromatic N) is 4. The standard InChI is InChI=1S/C28H22N4O9/c33-25(18-10-4-1-5-11-18)38-16-21-22(40-26(34)19-12-6-2-7-13-19)23(41-27(35)20-14-8-3-9-15-20)24(39-21)31-17-29-28(30-31)32(36)37/h1-15,17,21-24H,16H2. The molecule has 208 valence electrons. The lowest BCUT2D eigenvalue weighted by atomic mass is 10.1. The van der Waals surface area contributed by atoms with E-state index < -0.39 is 59.9 Å². The van der Waals surface area contributed by atoms with E-state index in [1.807, 2.05) is 0 Å². The molecule has 4 aromatic rings. The van der Waals surface area contributed by atoms with Gasteiger partial charge in [-0.2, -0.15) is 0 Å². The lowest BCUT2D eigenvalue weighted by Crippen LogP contribution is -2.41. The number of carbonyl (C=O) groups is 3. The van der Waals surface area contributed by atoms with Crippen LogP contribution in [0.2, 0.25) is 0 Å². The zero-order valence-electron chi connectivity index (χ0n) is 21.2. The van der Waals surface area contributed by atoms with Gasteiger partial charge >= 0.3 is 23.9 Å². The van der Waals surface area contributed by atoms with Crippen LogP contribution in [0.1, 0.15) is 37.3 Å². The maximum atomic E-state index is 13.1. The van der Waals surface area contributed by atoms with Crippen LogP contribution in [0.5, 0.6) is 0 Å². The number of ether oxygens (including phenoxy) is 4. The molecule has 0 amide bonds. The molecule has 4 unspecified atom stereocenters. The highest BCUT2D eigenvalue weighted by Crippen LogP contribution is 2.35. The number of rotatable bonds is 9. The van der Waals surface area contributed by atoms with Crippen molar-refractivity contribution in [2.24, 2.45) is 0 Å². The van der Waals surface area contributed by atoms with Gasteiger partial charge in [-0.25, -0.2) is 14.4 Å². The molecule has 0 radical (unpaired) electrons. The fourth-order valence-corrected chi connectivity index (χ4v) is 4.14. The molecule has 41 heavy (non-hydrogen) atoms. The van der Waals surface area contributed by atoms with Crippen molar-refractivity contribution >= 4 is 23.9 Å². The summed E-state index contributed by atoms with van der Waals surface area (Å²) in [5, 5.41) is 15.0. The molecule has 3 aromatic carbocycles. The van der Waals surface area contributed by atoms with E-state index in [9.17, 15) is 24.5 Å². The summed E-state index contributed by atoms with van der Waals surface area (Å²) in [5.41, 5.74) is 0.683. The Kier molecular flexibility index (Phi) is 8.06. The van der Waals surface area contributed by atoms with Crippen LogP contribution in [0.25, 0.3) is 0 Å². The Balaban J connectivity index is 1.47. The largest absolute Gasteiger partial charge is 0.491 e. The van der Waals surface area contributed by atoms with Gasteiger partial charge in [0.15, 0.2) is 12.2 Å². The molecule has 1 aromatic heterocycles. The number of carbonyl (C=O) groups excluding carboxylic acids is 3. The van der Waals surface area contributed by atoms with Crippen molar-refractivity contribution in [2.45, 2.75) is 24.5 Å². The Morgan fingerprint density at radius 1 is 0.780 bits per heavy atom. The van der Waals surface area contributed by atoms with Crippen LogP contribution in [0.15, 0.2) is 97.3 Å². The van der Waals surface area contributed by atoms with Crippen LogP contribution in [0.3, 0.4) is 0 Å². The fraction of sp³-hybridized carbons (Fsp3) is 0.179. The summed E-state index contributed by atoms with van der Waals surface area (Å²) in [7, 11) is 0. The van der Waals surface area contributed by atoms with E-state index in [1.165, 1.54) is 24.3 Å². The molecule has 4 atom stereocenters. The molecule has 5 rings (SSSR count).